The number of hydrogen-bond donors (Lipinski definition) is 2. The van der Waals surface area contributed by atoms with Gasteiger partial charge in [0.05, 0.1) is 11.9 Å². The molecule has 5 rings (SSSR count). The van der Waals surface area contributed by atoms with Gasteiger partial charge >= 0.3 is 0 Å². The fraction of sp³-hybridized carbons (Fsp3) is 0.296. The summed E-state index contributed by atoms with van der Waals surface area (Å²) in [6.45, 7) is 4.20. The van der Waals surface area contributed by atoms with Gasteiger partial charge in [0.15, 0.2) is 0 Å². The summed E-state index contributed by atoms with van der Waals surface area (Å²) in [5.41, 5.74) is 4.07. The molecule has 1 saturated heterocycles. The fourth-order valence-corrected chi connectivity index (χ4v) is 4.54. The molecule has 1 fully saturated rings. The number of carbonyl (C=O) groups excluding carboxylic acids is 1. The molecule has 33 heavy (non-hydrogen) atoms. The fourth-order valence-electron chi connectivity index (χ4n) is 4.54. The van der Waals surface area contributed by atoms with Crippen LogP contribution in [0.1, 0.15) is 34.6 Å². The molecule has 3 heterocycles. The summed E-state index contributed by atoms with van der Waals surface area (Å²) in [6, 6.07) is 16.1. The van der Waals surface area contributed by atoms with E-state index in [1.807, 2.05) is 44.4 Å². The average molecular weight is 440 g/mol. The Morgan fingerprint density at radius 2 is 1.82 bits per heavy atom. The summed E-state index contributed by atoms with van der Waals surface area (Å²) < 4.78 is 2.07. The summed E-state index contributed by atoms with van der Waals surface area (Å²) in [7, 11) is 2.01. The average Bonchev–Trinajstić information content (AvgIpc) is 3.18. The number of benzene rings is 2. The van der Waals surface area contributed by atoms with Gasteiger partial charge in [0, 0.05) is 29.8 Å². The maximum atomic E-state index is 12.8. The zero-order valence-electron chi connectivity index (χ0n) is 19.1. The Kier molecular flexibility index (Phi) is 5.92. The van der Waals surface area contributed by atoms with Gasteiger partial charge in [0.2, 0.25) is 0 Å². The zero-order valence-corrected chi connectivity index (χ0v) is 19.1. The molecule has 168 valence electrons. The van der Waals surface area contributed by atoms with Gasteiger partial charge in [-0.1, -0.05) is 24.3 Å². The Morgan fingerprint density at radius 1 is 1.03 bits per heavy atom. The van der Waals surface area contributed by atoms with Crippen molar-refractivity contribution in [2.45, 2.75) is 26.2 Å². The Labute approximate surface area is 194 Å². The molecule has 1 aliphatic rings. The van der Waals surface area contributed by atoms with E-state index in [-0.39, 0.29) is 5.91 Å². The molecule has 4 aromatic rings. The number of anilines is 1. The number of nitrogens with zero attached hydrogens (tertiary/aromatic N) is 3. The van der Waals surface area contributed by atoms with E-state index in [0.29, 0.717) is 11.4 Å². The smallest absolute Gasteiger partial charge is 0.256 e. The molecular formula is C27H29N5O. The molecular weight excluding hydrogens is 410 g/mol. The van der Waals surface area contributed by atoms with Gasteiger partial charge in [0.1, 0.15) is 11.6 Å². The highest BCUT2D eigenvalue weighted by Crippen LogP contribution is 2.26. The van der Waals surface area contributed by atoms with Gasteiger partial charge in [-0.2, -0.15) is 0 Å². The predicted molar refractivity (Wildman–Crippen MR) is 132 cm³/mol. The molecule has 1 amide bonds. The number of nitrogens with one attached hydrogen (secondary N) is 2. The first-order chi connectivity index (χ1) is 16.1. The van der Waals surface area contributed by atoms with Gasteiger partial charge in [0.25, 0.3) is 5.91 Å². The van der Waals surface area contributed by atoms with Crippen molar-refractivity contribution in [2.75, 3.05) is 18.4 Å². The SMILES string of the molecule is Cc1ncc(-c2ccc3cnc(NC(=O)c4ccc(CC5CCNCC5)cc4)cc3c2)n1C. The molecule has 1 aliphatic heterocycles. The predicted octanol–water partition coefficient (Wildman–Crippen LogP) is 4.74. The highest BCUT2D eigenvalue weighted by Gasteiger charge is 2.14. The molecule has 0 saturated carbocycles. The number of pyridine rings is 1. The number of fused-ring (bicyclic) bond motifs is 1. The third kappa shape index (κ3) is 4.66. The second kappa shape index (κ2) is 9.16. The van der Waals surface area contributed by atoms with Crippen molar-refractivity contribution in [3.8, 4) is 11.3 Å². The number of imidazole rings is 1. The van der Waals surface area contributed by atoms with E-state index < -0.39 is 0 Å². The molecule has 0 radical (unpaired) electrons. The van der Waals surface area contributed by atoms with Crippen LogP contribution in [0.15, 0.2) is 60.9 Å². The van der Waals surface area contributed by atoms with Crippen molar-refractivity contribution in [3.63, 3.8) is 0 Å². The summed E-state index contributed by atoms with van der Waals surface area (Å²) >= 11 is 0. The molecule has 0 aliphatic carbocycles. The number of aromatic nitrogens is 3. The quantitative estimate of drug-likeness (QED) is 0.471. The van der Waals surface area contributed by atoms with Crippen LogP contribution in [0.25, 0.3) is 22.0 Å². The minimum absolute atomic E-state index is 0.145. The standard InChI is InChI=1S/C27H29N5O/c1-18-29-17-25(32(18)2)22-7-8-23-16-30-26(15-24(23)14-22)31-27(33)21-5-3-19(4-6-21)13-20-9-11-28-12-10-20/h3-8,14-17,20,28H,9-13H2,1-2H3,(H,30,31,33). The lowest BCUT2D eigenvalue weighted by molar-refractivity contribution is 0.102. The monoisotopic (exact) mass is 439 g/mol. The second-order valence-electron chi connectivity index (χ2n) is 8.93. The van der Waals surface area contributed by atoms with Gasteiger partial charge in [-0.25, -0.2) is 9.97 Å². The maximum absolute atomic E-state index is 12.8. The van der Waals surface area contributed by atoms with Crippen molar-refractivity contribution in [3.05, 3.63) is 77.9 Å². The van der Waals surface area contributed by atoms with E-state index in [0.717, 1.165) is 53.3 Å². The van der Waals surface area contributed by atoms with Crippen LogP contribution < -0.4 is 10.6 Å². The molecule has 0 unspecified atom stereocenters. The van der Waals surface area contributed by atoms with E-state index in [4.69, 9.17) is 0 Å². The maximum Gasteiger partial charge on any atom is 0.256 e. The van der Waals surface area contributed by atoms with E-state index in [1.54, 1.807) is 6.20 Å². The minimum Gasteiger partial charge on any atom is -0.331 e. The Morgan fingerprint density at radius 3 is 2.55 bits per heavy atom. The third-order valence-corrected chi connectivity index (χ3v) is 6.68. The van der Waals surface area contributed by atoms with Gasteiger partial charge < -0.3 is 15.2 Å². The summed E-state index contributed by atoms with van der Waals surface area (Å²) in [6.07, 6.45) is 7.20. The molecule has 6 nitrogen and oxygen atoms in total. The second-order valence-corrected chi connectivity index (χ2v) is 8.93. The van der Waals surface area contributed by atoms with Gasteiger partial charge in [-0.05, 0) is 80.4 Å². The van der Waals surface area contributed by atoms with Crippen LogP contribution in [0, 0.1) is 12.8 Å². The largest absolute Gasteiger partial charge is 0.331 e. The third-order valence-electron chi connectivity index (χ3n) is 6.68. The molecule has 2 aromatic carbocycles. The van der Waals surface area contributed by atoms with Gasteiger partial charge in [-0.15, -0.1) is 0 Å². The first-order valence-electron chi connectivity index (χ1n) is 11.6. The molecule has 2 aromatic heterocycles. The Bertz CT molecular complexity index is 1290. The molecule has 0 atom stereocenters. The highest BCUT2D eigenvalue weighted by atomic mass is 16.1. The molecule has 2 N–H and O–H groups in total. The number of rotatable bonds is 5. The first-order valence-corrected chi connectivity index (χ1v) is 11.6. The van der Waals surface area contributed by atoms with Crippen molar-refractivity contribution in [1.82, 2.24) is 19.9 Å². The van der Waals surface area contributed by atoms with E-state index in [9.17, 15) is 4.79 Å². The lowest BCUT2D eigenvalue weighted by Gasteiger charge is -2.22. The Hall–Kier alpha value is -3.51. The first kappa shape index (κ1) is 21.3. The van der Waals surface area contributed by atoms with Crippen LogP contribution in [0.3, 0.4) is 0 Å². The van der Waals surface area contributed by atoms with E-state index >= 15 is 0 Å². The normalized spacial score (nSPS) is 14.5. The van der Waals surface area contributed by atoms with E-state index in [2.05, 4.69) is 49.4 Å². The number of piperidine rings is 1. The van der Waals surface area contributed by atoms with E-state index in [1.165, 1.54) is 18.4 Å². The van der Waals surface area contributed by atoms with Crippen molar-refractivity contribution in [2.24, 2.45) is 13.0 Å². The van der Waals surface area contributed by atoms with Crippen LogP contribution >= 0.6 is 0 Å². The summed E-state index contributed by atoms with van der Waals surface area (Å²) in [5.74, 6) is 2.10. The topological polar surface area (TPSA) is 71.8 Å². The Balaban J connectivity index is 1.30. The van der Waals surface area contributed by atoms with Crippen LogP contribution in [-0.2, 0) is 13.5 Å². The lowest BCUT2D eigenvalue weighted by Crippen LogP contribution is -2.28. The number of hydrogen-bond acceptors (Lipinski definition) is 4. The summed E-state index contributed by atoms with van der Waals surface area (Å²) in [4.78, 5) is 21.6. The van der Waals surface area contributed by atoms with Gasteiger partial charge in [-0.3, -0.25) is 4.79 Å². The lowest BCUT2D eigenvalue weighted by atomic mass is 9.91. The molecule has 0 bridgehead atoms. The van der Waals surface area contributed by atoms with Crippen molar-refractivity contribution in [1.29, 1.82) is 0 Å². The number of amides is 1. The van der Waals surface area contributed by atoms with Crippen LogP contribution in [0.5, 0.6) is 0 Å². The summed E-state index contributed by atoms with van der Waals surface area (Å²) in [5, 5.41) is 8.41. The van der Waals surface area contributed by atoms with Crippen molar-refractivity contribution < 1.29 is 4.79 Å². The van der Waals surface area contributed by atoms with Crippen LogP contribution in [0.4, 0.5) is 5.82 Å². The molecule has 0 spiro atoms. The number of carbonyl (C=O) groups is 1. The number of aryl methyl sites for hydroxylation is 1. The van der Waals surface area contributed by atoms with Crippen LogP contribution in [-0.4, -0.2) is 33.5 Å². The van der Waals surface area contributed by atoms with Crippen molar-refractivity contribution >= 4 is 22.5 Å². The van der Waals surface area contributed by atoms with Crippen LogP contribution in [0.2, 0.25) is 0 Å². The highest BCUT2D eigenvalue weighted by molar-refractivity contribution is 6.04. The molecule has 6 heteroatoms. The zero-order chi connectivity index (χ0) is 22.8. The minimum atomic E-state index is -0.145.